The van der Waals surface area contributed by atoms with E-state index in [1.165, 1.54) is 6.42 Å². The van der Waals surface area contributed by atoms with Gasteiger partial charge in [0.1, 0.15) is 0 Å². The maximum Gasteiger partial charge on any atom is 0 e. The van der Waals surface area contributed by atoms with Gasteiger partial charge in [-0.1, -0.05) is 41.5 Å². The van der Waals surface area contributed by atoms with Gasteiger partial charge in [-0.05, 0) is 0 Å². The molecule has 0 fully saturated rings. The van der Waals surface area contributed by atoms with Crippen molar-refractivity contribution < 1.29 is 589 Å². The first kappa shape index (κ1) is 185. The minimum absolute atomic E-state index is 0. The Kier molecular flexibility index (Phi) is 1490. The summed E-state index contributed by atoms with van der Waals surface area (Å²) in [6.07, 6.45) is 1.25. The molecule has 0 saturated heterocycles. The summed E-state index contributed by atoms with van der Waals surface area (Å²) < 4.78 is 0. The Hall–Kier alpha value is 19.9. The predicted octanol–water partition coefficient (Wildman–Crippen LogP) is 4.77. The van der Waals surface area contributed by atoms with Gasteiger partial charge in [-0.15, -0.1) is 0 Å². The normalized spacial score (nSPS) is 1.07. The largest absolute Gasteiger partial charge is 0.358 e. The molecular formula is C10H29Y18-3. The van der Waals surface area contributed by atoms with Crippen molar-refractivity contribution in [3.05, 3.63) is 21.8 Å². The van der Waals surface area contributed by atoms with E-state index in [-0.39, 0.29) is 611 Å². The Morgan fingerprint density at radius 1 is 0.357 bits per heavy atom. The van der Waals surface area contributed by atoms with E-state index in [2.05, 4.69) is 20.8 Å². The first-order chi connectivity index (χ1) is 3.41. The van der Waals surface area contributed by atoms with Gasteiger partial charge in [-0.3, -0.25) is 0 Å². The van der Waals surface area contributed by atoms with Crippen LogP contribution in [0.1, 0.15) is 48.5 Å². The number of hydrogen-bond donors (Lipinski definition) is 0. The third-order valence-electron chi connectivity index (χ3n) is 0. The molecule has 0 aliphatic heterocycles. The van der Waals surface area contributed by atoms with E-state index in [4.69, 9.17) is 0 Å². The summed E-state index contributed by atoms with van der Waals surface area (Å²) in [5.74, 6) is 0. The SMILES string of the molecule is C.CC.CCC.[CH2-]C.[CH3-].[CH3-].[Y].[Y].[Y].[Y].[Y].[Y].[Y].[Y].[Y].[Y].[Y].[Y].[Y].[Y].[Y].[Y].[Y].[Y]. The van der Waals surface area contributed by atoms with Crippen LogP contribution < -0.4 is 0 Å². The molecule has 18 radical (unpaired) electrons. The van der Waals surface area contributed by atoms with Crippen LogP contribution in [-0.2, 0) is 589 Å². The van der Waals surface area contributed by atoms with Crippen LogP contribution in [0, 0.1) is 21.8 Å². The van der Waals surface area contributed by atoms with E-state index in [0.29, 0.717) is 0 Å². The van der Waals surface area contributed by atoms with Crippen molar-refractivity contribution in [3.8, 4) is 0 Å². The Bertz CT molecular complexity index is 26.3. The molecule has 0 unspecified atom stereocenters. The summed E-state index contributed by atoms with van der Waals surface area (Å²) in [6, 6.07) is 0. The quantitative estimate of drug-likeness (QED) is 0.307. The molecule has 0 amide bonds. The summed E-state index contributed by atoms with van der Waals surface area (Å²) in [6.45, 7) is 13.2. The average Bonchev–Trinajstić information content (AvgIpc) is 1.78. The maximum atomic E-state index is 3.25. The first-order valence-corrected chi connectivity index (χ1v) is 3.12. The summed E-state index contributed by atoms with van der Waals surface area (Å²) >= 11 is 0. The Morgan fingerprint density at radius 2 is 0.357 bits per heavy atom. The van der Waals surface area contributed by atoms with Crippen molar-refractivity contribution >= 4 is 0 Å². The van der Waals surface area contributed by atoms with Gasteiger partial charge in [0.15, 0.2) is 0 Å². The van der Waals surface area contributed by atoms with Crippen molar-refractivity contribution in [3.63, 3.8) is 0 Å². The second-order valence-corrected chi connectivity index (χ2v) is 0.707. The molecule has 28 heavy (non-hydrogen) atoms. The molecule has 18 heteroatoms. The fraction of sp³-hybridized carbons (Fsp3) is 0.700. The van der Waals surface area contributed by atoms with Crippen molar-refractivity contribution in [1.29, 1.82) is 0 Å². The average molecular weight is 1750 g/mol. The molecule has 0 atom stereocenters. The van der Waals surface area contributed by atoms with Crippen LogP contribution in [0.5, 0.6) is 0 Å². The monoisotopic (exact) mass is 1750 g/mol. The predicted molar refractivity (Wildman–Crippen MR) is 57.9 cm³/mol. The van der Waals surface area contributed by atoms with Crippen molar-refractivity contribution in [2.24, 2.45) is 0 Å². The van der Waals surface area contributed by atoms with Crippen LogP contribution in [0.2, 0.25) is 0 Å². The minimum atomic E-state index is 0. The van der Waals surface area contributed by atoms with Gasteiger partial charge in [0.05, 0.1) is 0 Å². The van der Waals surface area contributed by atoms with Gasteiger partial charge in [0.25, 0.3) is 0 Å². The molecular weight excluding hydrogens is 1720 g/mol. The third-order valence-corrected chi connectivity index (χ3v) is 0. The van der Waals surface area contributed by atoms with Crippen LogP contribution in [-0.4, -0.2) is 0 Å². The molecule has 0 rings (SSSR count). The second kappa shape index (κ2) is 226. The minimum Gasteiger partial charge on any atom is -0.358 e. The molecule has 0 N–H and O–H groups in total. The number of hydrogen-bond acceptors (Lipinski definition) is 0. The van der Waals surface area contributed by atoms with Crippen molar-refractivity contribution in [2.45, 2.75) is 48.5 Å². The molecule has 0 heterocycles. The van der Waals surface area contributed by atoms with E-state index in [1.807, 2.05) is 13.8 Å². The molecule has 0 nitrogen and oxygen atoms in total. The third kappa shape index (κ3) is 234. The van der Waals surface area contributed by atoms with Crippen LogP contribution in [0.15, 0.2) is 0 Å². The van der Waals surface area contributed by atoms with Crippen LogP contribution >= 0.6 is 0 Å². The zero-order valence-corrected chi connectivity index (χ0v) is 69.9. The van der Waals surface area contributed by atoms with Crippen molar-refractivity contribution in [1.82, 2.24) is 0 Å². The maximum absolute atomic E-state index is 3.25. The smallest absolute Gasteiger partial charge is 0 e. The van der Waals surface area contributed by atoms with E-state index in [9.17, 15) is 0 Å². The molecule has 0 spiro atoms. The molecule has 0 aromatic carbocycles. The molecule has 0 bridgehead atoms. The van der Waals surface area contributed by atoms with Gasteiger partial charge in [-0.25, -0.2) is 0 Å². The zero-order valence-electron chi connectivity index (χ0n) is 18.8. The standard InChI is InChI=1S/C3H8.C2H6.C2H5.CH4.2CH3.18Y/c1-3-2;2*1-2;;;;;;;;;;;;;;;;;;;;;/h3H2,1-2H3;1-2H3;1H2,2H3;1H4;2*1H3;;;;;;;;;;;;;;;;;;/q;;-1;;2*-1;;;;;;;;;;;;;;;;;;. The second-order valence-electron chi connectivity index (χ2n) is 0.707. The topological polar surface area (TPSA) is 0 Å². The first-order valence-electron chi connectivity index (χ1n) is 3.12. The van der Waals surface area contributed by atoms with Crippen molar-refractivity contribution in [2.75, 3.05) is 0 Å². The zero-order chi connectivity index (χ0) is 6.71. The molecule has 0 aliphatic rings. The van der Waals surface area contributed by atoms with Gasteiger partial charge < -0.3 is 21.8 Å². The molecule has 126 valence electrons. The molecule has 0 aliphatic carbocycles. The molecule has 0 aromatic rings. The summed E-state index contributed by atoms with van der Waals surface area (Å²) in [7, 11) is 0. The molecule has 0 saturated carbocycles. The van der Waals surface area contributed by atoms with Gasteiger partial charge in [0, 0.05) is 589 Å². The van der Waals surface area contributed by atoms with E-state index < -0.39 is 0 Å². The fourth-order valence-corrected chi connectivity index (χ4v) is 0. The van der Waals surface area contributed by atoms with Gasteiger partial charge in [-0.2, -0.15) is 6.92 Å². The van der Waals surface area contributed by atoms with E-state index in [0.717, 1.165) is 0 Å². The summed E-state index contributed by atoms with van der Waals surface area (Å²) in [5.41, 5.74) is 0. The number of rotatable bonds is 0. The Labute approximate surface area is 636 Å². The summed E-state index contributed by atoms with van der Waals surface area (Å²) in [5, 5.41) is 0. The van der Waals surface area contributed by atoms with Crippen LogP contribution in [0.4, 0.5) is 0 Å². The van der Waals surface area contributed by atoms with Crippen LogP contribution in [0.3, 0.4) is 0 Å². The Balaban J connectivity index is -0.000000000285. The van der Waals surface area contributed by atoms with Gasteiger partial charge in [0.2, 0.25) is 0 Å². The Morgan fingerprint density at radius 3 is 0.357 bits per heavy atom. The summed E-state index contributed by atoms with van der Waals surface area (Å²) in [4.78, 5) is 0. The van der Waals surface area contributed by atoms with Gasteiger partial charge >= 0.3 is 0 Å². The molecule has 0 aromatic heterocycles. The van der Waals surface area contributed by atoms with E-state index >= 15 is 0 Å². The fourth-order valence-electron chi connectivity index (χ4n) is 0. The van der Waals surface area contributed by atoms with E-state index in [1.54, 1.807) is 6.92 Å². The van der Waals surface area contributed by atoms with Crippen LogP contribution in [0.25, 0.3) is 0 Å².